The zero-order valence-electron chi connectivity index (χ0n) is 11.7. The van der Waals surface area contributed by atoms with E-state index in [1.54, 1.807) is 6.07 Å². The van der Waals surface area contributed by atoms with Crippen molar-refractivity contribution in [2.24, 2.45) is 0 Å². The molecule has 2 rings (SSSR count). The van der Waals surface area contributed by atoms with Gasteiger partial charge in [0.1, 0.15) is 0 Å². The standard InChI is InChI=1S/C16H19NO3/c1-16(2,13-6-4-3-5-7-13)11-17-10-12-8-9-20-14(12)15(18)19/h3-9,17H,10-11H2,1-2H3,(H,18,19). The van der Waals surface area contributed by atoms with Crippen molar-refractivity contribution in [2.45, 2.75) is 25.8 Å². The minimum atomic E-state index is -1.03. The quantitative estimate of drug-likeness (QED) is 0.849. The molecule has 1 aromatic carbocycles. The Labute approximate surface area is 118 Å². The van der Waals surface area contributed by atoms with Gasteiger partial charge in [0.2, 0.25) is 5.76 Å². The fourth-order valence-corrected chi connectivity index (χ4v) is 2.16. The highest BCUT2D eigenvalue weighted by molar-refractivity contribution is 5.86. The van der Waals surface area contributed by atoms with Crippen LogP contribution < -0.4 is 5.32 Å². The number of carbonyl (C=O) groups is 1. The van der Waals surface area contributed by atoms with Crippen LogP contribution in [0.2, 0.25) is 0 Å². The molecular weight excluding hydrogens is 254 g/mol. The largest absolute Gasteiger partial charge is 0.475 e. The number of hydrogen-bond donors (Lipinski definition) is 2. The average molecular weight is 273 g/mol. The number of furan rings is 1. The first kappa shape index (κ1) is 14.3. The summed E-state index contributed by atoms with van der Waals surface area (Å²) in [7, 11) is 0. The number of rotatable bonds is 6. The lowest BCUT2D eigenvalue weighted by molar-refractivity contribution is 0.0660. The normalized spacial score (nSPS) is 11.5. The van der Waals surface area contributed by atoms with E-state index in [1.807, 2.05) is 18.2 Å². The second kappa shape index (κ2) is 5.92. The van der Waals surface area contributed by atoms with Crippen LogP contribution in [0.5, 0.6) is 0 Å². The van der Waals surface area contributed by atoms with Crippen molar-refractivity contribution in [3.8, 4) is 0 Å². The Morgan fingerprint density at radius 3 is 2.60 bits per heavy atom. The molecule has 1 aromatic heterocycles. The van der Waals surface area contributed by atoms with E-state index in [0.29, 0.717) is 12.1 Å². The van der Waals surface area contributed by atoms with Crippen LogP contribution in [0, 0.1) is 0 Å². The van der Waals surface area contributed by atoms with Gasteiger partial charge in [0.05, 0.1) is 6.26 Å². The molecule has 0 fully saturated rings. The highest BCUT2D eigenvalue weighted by atomic mass is 16.4. The van der Waals surface area contributed by atoms with Crippen LogP contribution in [0.3, 0.4) is 0 Å². The van der Waals surface area contributed by atoms with Gasteiger partial charge in [0.15, 0.2) is 0 Å². The molecule has 0 saturated carbocycles. The van der Waals surface area contributed by atoms with Crippen LogP contribution in [-0.4, -0.2) is 17.6 Å². The van der Waals surface area contributed by atoms with Crippen LogP contribution in [0.25, 0.3) is 0 Å². The Kier molecular flexibility index (Phi) is 4.25. The molecule has 0 radical (unpaired) electrons. The topological polar surface area (TPSA) is 62.5 Å². The Morgan fingerprint density at radius 1 is 1.25 bits per heavy atom. The van der Waals surface area contributed by atoms with Crippen molar-refractivity contribution in [1.29, 1.82) is 0 Å². The summed E-state index contributed by atoms with van der Waals surface area (Å²) in [5.41, 5.74) is 1.90. The van der Waals surface area contributed by atoms with Gasteiger partial charge in [0, 0.05) is 24.1 Å². The summed E-state index contributed by atoms with van der Waals surface area (Å²) in [5.74, 6) is -1.02. The van der Waals surface area contributed by atoms with Crippen LogP contribution in [0.4, 0.5) is 0 Å². The Hall–Kier alpha value is -2.07. The van der Waals surface area contributed by atoms with E-state index >= 15 is 0 Å². The molecule has 0 atom stereocenters. The molecule has 2 N–H and O–H groups in total. The van der Waals surface area contributed by atoms with Crippen LogP contribution in [0.1, 0.15) is 35.5 Å². The maximum absolute atomic E-state index is 10.9. The maximum atomic E-state index is 10.9. The average Bonchev–Trinajstić information content (AvgIpc) is 2.88. The number of nitrogens with one attached hydrogen (secondary N) is 1. The van der Waals surface area contributed by atoms with Gasteiger partial charge in [-0.3, -0.25) is 0 Å². The van der Waals surface area contributed by atoms with Crippen molar-refractivity contribution in [3.05, 3.63) is 59.5 Å². The second-order valence-electron chi connectivity index (χ2n) is 5.43. The molecule has 0 aliphatic carbocycles. The second-order valence-corrected chi connectivity index (χ2v) is 5.43. The molecule has 0 spiro atoms. The van der Waals surface area contributed by atoms with Crippen molar-refractivity contribution in [2.75, 3.05) is 6.54 Å². The SMILES string of the molecule is CC(C)(CNCc1ccoc1C(=O)O)c1ccccc1. The van der Waals surface area contributed by atoms with Crippen molar-refractivity contribution >= 4 is 5.97 Å². The third kappa shape index (κ3) is 3.27. The van der Waals surface area contributed by atoms with Gasteiger partial charge >= 0.3 is 5.97 Å². The summed E-state index contributed by atoms with van der Waals surface area (Å²) in [4.78, 5) is 10.9. The summed E-state index contributed by atoms with van der Waals surface area (Å²) in [6.07, 6.45) is 1.41. The summed E-state index contributed by atoms with van der Waals surface area (Å²) in [5, 5.41) is 12.3. The maximum Gasteiger partial charge on any atom is 0.372 e. The molecule has 2 aromatic rings. The predicted molar refractivity (Wildman–Crippen MR) is 76.8 cm³/mol. The number of carboxylic acid groups (broad SMARTS) is 1. The minimum absolute atomic E-state index is 0.00928. The van der Waals surface area contributed by atoms with Gasteiger partial charge in [-0.2, -0.15) is 0 Å². The third-order valence-electron chi connectivity index (χ3n) is 3.38. The van der Waals surface area contributed by atoms with E-state index in [1.165, 1.54) is 11.8 Å². The number of benzene rings is 1. The summed E-state index contributed by atoms with van der Waals surface area (Å²) >= 11 is 0. The van der Waals surface area contributed by atoms with Gasteiger partial charge in [0.25, 0.3) is 0 Å². The molecule has 0 amide bonds. The summed E-state index contributed by atoms with van der Waals surface area (Å²) in [6.45, 7) is 5.54. The highest BCUT2D eigenvalue weighted by Gasteiger charge is 2.20. The Balaban J connectivity index is 1.96. The molecule has 0 saturated heterocycles. The minimum Gasteiger partial charge on any atom is -0.475 e. The van der Waals surface area contributed by atoms with Crippen molar-refractivity contribution in [3.63, 3.8) is 0 Å². The van der Waals surface area contributed by atoms with E-state index in [-0.39, 0.29) is 11.2 Å². The predicted octanol–water partition coefficient (Wildman–Crippen LogP) is 3.05. The van der Waals surface area contributed by atoms with Crippen molar-refractivity contribution < 1.29 is 14.3 Å². The van der Waals surface area contributed by atoms with E-state index in [9.17, 15) is 4.79 Å². The first-order valence-electron chi connectivity index (χ1n) is 6.56. The first-order valence-corrected chi connectivity index (χ1v) is 6.56. The molecule has 106 valence electrons. The van der Waals surface area contributed by atoms with Crippen molar-refractivity contribution in [1.82, 2.24) is 5.32 Å². The molecule has 0 unspecified atom stereocenters. The molecule has 20 heavy (non-hydrogen) atoms. The Morgan fingerprint density at radius 2 is 1.95 bits per heavy atom. The zero-order chi connectivity index (χ0) is 14.6. The molecule has 0 aliphatic rings. The van der Waals surface area contributed by atoms with Crippen LogP contribution in [-0.2, 0) is 12.0 Å². The van der Waals surface area contributed by atoms with E-state index < -0.39 is 5.97 Å². The fraction of sp³-hybridized carbons (Fsp3) is 0.312. The molecule has 1 heterocycles. The molecule has 0 aliphatic heterocycles. The lowest BCUT2D eigenvalue weighted by Crippen LogP contribution is -2.32. The van der Waals surface area contributed by atoms with Gasteiger partial charge in [-0.25, -0.2) is 4.79 Å². The molecular formula is C16H19NO3. The van der Waals surface area contributed by atoms with Crippen LogP contribution >= 0.6 is 0 Å². The zero-order valence-corrected chi connectivity index (χ0v) is 11.7. The van der Waals surface area contributed by atoms with Gasteiger partial charge in [-0.1, -0.05) is 44.2 Å². The van der Waals surface area contributed by atoms with Gasteiger partial charge < -0.3 is 14.8 Å². The van der Waals surface area contributed by atoms with Gasteiger partial charge in [-0.05, 0) is 11.6 Å². The highest BCUT2D eigenvalue weighted by Crippen LogP contribution is 2.22. The van der Waals surface area contributed by atoms with E-state index in [4.69, 9.17) is 9.52 Å². The molecule has 4 heteroatoms. The van der Waals surface area contributed by atoms with E-state index in [2.05, 4.69) is 31.3 Å². The summed E-state index contributed by atoms with van der Waals surface area (Å²) in [6, 6.07) is 11.9. The summed E-state index contributed by atoms with van der Waals surface area (Å²) < 4.78 is 4.95. The fourth-order valence-electron chi connectivity index (χ4n) is 2.16. The monoisotopic (exact) mass is 273 g/mol. The lowest BCUT2D eigenvalue weighted by atomic mass is 9.84. The number of hydrogen-bond acceptors (Lipinski definition) is 3. The number of carboxylic acids is 1. The Bertz CT molecular complexity index is 572. The van der Waals surface area contributed by atoms with E-state index in [0.717, 1.165) is 6.54 Å². The smallest absolute Gasteiger partial charge is 0.372 e. The molecule has 4 nitrogen and oxygen atoms in total. The lowest BCUT2D eigenvalue weighted by Gasteiger charge is -2.25. The number of aromatic carboxylic acids is 1. The molecule has 0 bridgehead atoms. The third-order valence-corrected chi connectivity index (χ3v) is 3.38. The van der Waals surface area contributed by atoms with Gasteiger partial charge in [-0.15, -0.1) is 0 Å². The van der Waals surface area contributed by atoms with Crippen LogP contribution in [0.15, 0.2) is 47.1 Å². The first-order chi connectivity index (χ1) is 9.50.